The van der Waals surface area contributed by atoms with Crippen LogP contribution in [0.3, 0.4) is 0 Å². The first-order valence-electron chi connectivity index (χ1n) is 9.78. The van der Waals surface area contributed by atoms with E-state index in [1.54, 1.807) is 6.92 Å². The van der Waals surface area contributed by atoms with Crippen molar-refractivity contribution < 1.29 is 33.7 Å². The van der Waals surface area contributed by atoms with E-state index in [1.165, 1.54) is 19.1 Å². The van der Waals surface area contributed by atoms with E-state index in [0.29, 0.717) is 6.42 Å². The summed E-state index contributed by atoms with van der Waals surface area (Å²) in [6.07, 6.45) is 0.509. The third-order valence-electron chi connectivity index (χ3n) is 8.39. The molecule has 4 unspecified atom stereocenters. The zero-order chi connectivity index (χ0) is 20.7. The summed E-state index contributed by atoms with van der Waals surface area (Å²) in [6, 6.07) is 0. The van der Waals surface area contributed by atoms with Gasteiger partial charge in [0, 0.05) is 16.7 Å². The number of aliphatic hydroxyl groups is 3. The third-order valence-corrected chi connectivity index (χ3v) is 8.39. The summed E-state index contributed by atoms with van der Waals surface area (Å²) < 4.78 is 31.9. The van der Waals surface area contributed by atoms with Crippen LogP contribution in [-0.2, 0) is 9.59 Å². The zero-order valence-corrected chi connectivity index (χ0v) is 16.0. The molecule has 0 aromatic heterocycles. The quantitative estimate of drug-likeness (QED) is 0.659. The number of rotatable bonds is 2. The number of hydrogen-bond donors (Lipinski definition) is 3. The van der Waals surface area contributed by atoms with Gasteiger partial charge in [0.25, 0.3) is 0 Å². The monoisotopic (exact) mass is 396 g/mol. The molecule has 0 aromatic rings. The van der Waals surface area contributed by atoms with Gasteiger partial charge in [0.05, 0.1) is 6.10 Å². The smallest absolute Gasteiger partial charge is 0.190 e. The van der Waals surface area contributed by atoms with Crippen LogP contribution in [0, 0.1) is 22.7 Å². The molecule has 0 amide bonds. The molecule has 3 fully saturated rings. The molecule has 0 aliphatic heterocycles. The molecule has 28 heavy (non-hydrogen) atoms. The summed E-state index contributed by atoms with van der Waals surface area (Å²) in [5.74, 6) is -2.63. The first-order chi connectivity index (χ1) is 13.0. The first kappa shape index (κ1) is 19.9. The van der Waals surface area contributed by atoms with Crippen molar-refractivity contribution in [3.63, 3.8) is 0 Å². The Bertz CT molecular complexity index is 809. The highest BCUT2D eigenvalue weighted by atomic mass is 19.1. The second-order valence-electron chi connectivity index (χ2n) is 9.34. The van der Waals surface area contributed by atoms with Crippen LogP contribution in [0.4, 0.5) is 8.78 Å². The Morgan fingerprint density at radius 2 is 2.00 bits per heavy atom. The van der Waals surface area contributed by atoms with Crippen LogP contribution in [0.25, 0.3) is 0 Å². The van der Waals surface area contributed by atoms with E-state index in [9.17, 15) is 24.9 Å². The maximum atomic E-state index is 16.7. The molecule has 4 aliphatic carbocycles. The molecular formula is C21H26F2O5. The van der Waals surface area contributed by atoms with Gasteiger partial charge in [-0.2, -0.15) is 0 Å². The second-order valence-corrected chi connectivity index (χ2v) is 9.34. The van der Waals surface area contributed by atoms with Crippen LogP contribution in [0.1, 0.15) is 39.5 Å². The number of fused-ring (bicyclic) bond motifs is 5. The van der Waals surface area contributed by atoms with Gasteiger partial charge in [0.1, 0.15) is 18.4 Å². The normalized spacial score (nSPS) is 52.5. The SMILES string of the molecule is C[C@]12C=CC(=O)C=C1C(F)CC1C3CC[C@](O)(C(=O)CO)[C@@]3(C)CC(O)[C@@]12F. The summed E-state index contributed by atoms with van der Waals surface area (Å²) >= 11 is 0. The molecule has 4 aliphatic rings. The molecule has 4 rings (SSSR count). The maximum Gasteiger partial charge on any atom is 0.190 e. The Hall–Kier alpha value is -1.44. The topological polar surface area (TPSA) is 94.8 Å². The van der Waals surface area contributed by atoms with Gasteiger partial charge in [-0.3, -0.25) is 9.59 Å². The molecule has 3 N–H and O–H groups in total. The third kappa shape index (κ3) is 2.05. The molecule has 0 heterocycles. The van der Waals surface area contributed by atoms with E-state index in [-0.39, 0.29) is 24.8 Å². The van der Waals surface area contributed by atoms with Crippen LogP contribution in [-0.4, -0.2) is 57.0 Å². The van der Waals surface area contributed by atoms with E-state index < -0.39 is 64.4 Å². The van der Waals surface area contributed by atoms with Crippen molar-refractivity contribution in [1.82, 2.24) is 0 Å². The van der Waals surface area contributed by atoms with E-state index in [0.717, 1.165) is 6.08 Å². The predicted octanol–water partition coefficient (Wildman–Crippen LogP) is 1.60. The molecule has 5 nitrogen and oxygen atoms in total. The Balaban J connectivity index is 1.84. The van der Waals surface area contributed by atoms with Crippen molar-refractivity contribution in [2.24, 2.45) is 22.7 Å². The number of halogens is 2. The van der Waals surface area contributed by atoms with Crippen LogP contribution in [0.15, 0.2) is 23.8 Å². The van der Waals surface area contributed by atoms with E-state index in [1.807, 2.05) is 0 Å². The largest absolute Gasteiger partial charge is 0.390 e. The summed E-state index contributed by atoms with van der Waals surface area (Å²) in [4.78, 5) is 24.1. The number of hydrogen-bond acceptors (Lipinski definition) is 5. The molecule has 154 valence electrons. The Morgan fingerprint density at radius 3 is 2.64 bits per heavy atom. The van der Waals surface area contributed by atoms with Crippen molar-refractivity contribution in [1.29, 1.82) is 0 Å². The fourth-order valence-corrected chi connectivity index (χ4v) is 6.80. The standard InChI is InChI=1S/C21H26F2O5/c1-18-5-3-11(25)7-14(18)15(22)8-13-12-4-6-20(28,17(27)10-24)19(12,2)9-16(26)21(13,18)23/h3,5,7,12-13,15-16,24,26,28H,4,6,8-10H2,1-2H3/t12?,13?,15?,16?,18-,19-,20-,21-/m0/s1. The van der Waals surface area contributed by atoms with Gasteiger partial charge in [-0.25, -0.2) is 8.78 Å². The molecule has 0 bridgehead atoms. The highest BCUT2D eigenvalue weighted by Crippen LogP contribution is 2.69. The van der Waals surface area contributed by atoms with Gasteiger partial charge >= 0.3 is 0 Å². The molecule has 7 heteroatoms. The molecular weight excluding hydrogens is 370 g/mol. The van der Waals surface area contributed by atoms with Gasteiger partial charge in [0.15, 0.2) is 17.2 Å². The fourth-order valence-electron chi connectivity index (χ4n) is 6.80. The predicted molar refractivity (Wildman–Crippen MR) is 95.7 cm³/mol. The lowest BCUT2D eigenvalue weighted by atomic mass is 9.44. The number of alkyl halides is 2. The molecule has 0 radical (unpaired) electrons. The molecule has 3 saturated carbocycles. The molecule has 0 aromatic carbocycles. The van der Waals surface area contributed by atoms with Gasteiger partial charge < -0.3 is 15.3 Å². The average Bonchev–Trinajstić information content (AvgIpc) is 2.91. The van der Waals surface area contributed by atoms with Crippen LogP contribution in [0.5, 0.6) is 0 Å². The molecule has 8 atom stereocenters. The average molecular weight is 396 g/mol. The van der Waals surface area contributed by atoms with E-state index in [2.05, 4.69) is 0 Å². The van der Waals surface area contributed by atoms with Crippen molar-refractivity contribution in [2.45, 2.75) is 63.1 Å². The Labute approximate surface area is 162 Å². The maximum absolute atomic E-state index is 16.7. The lowest BCUT2D eigenvalue weighted by Crippen LogP contribution is -2.70. The molecule has 0 saturated heterocycles. The zero-order valence-electron chi connectivity index (χ0n) is 16.0. The lowest BCUT2D eigenvalue weighted by molar-refractivity contribution is -0.221. The van der Waals surface area contributed by atoms with Crippen LogP contribution >= 0.6 is 0 Å². The molecule has 0 spiro atoms. The number of allylic oxidation sites excluding steroid dienone is 4. The van der Waals surface area contributed by atoms with Gasteiger partial charge in [-0.15, -0.1) is 0 Å². The van der Waals surface area contributed by atoms with Crippen LogP contribution in [0.2, 0.25) is 0 Å². The second kappa shape index (κ2) is 5.80. The van der Waals surface area contributed by atoms with E-state index in [4.69, 9.17) is 0 Å². The van der Waals surface area contributed by atoms with Crippen LogP contribution < -0.4 is 0 Å². The first-order valence-corrected chi connectivity index (χ1v) is 9.78. The number of aliphatic hydroxyl groups excluding tert-OH is 2. The summed E-state index contributed by atoms with van der Waals surface area (Å²) in [7, 11) is 0. The number of carbonyl (C=O) groups is 2. The highest BCUT2D eigenvalue weighted by molar-refractivity contribution is 6.01. The summed E-state index contributed by atoms with van der Waals surface area (Å²) in [5.41, 5.74) is -6.71. The minimum absolute atomic E-state index is 0.0392. The Kier molecular flexibility index (Phi) is 4.11. The van der Waals surface area contributed by atoms with Crippen molar-refractivity contribution in [2.75, 3.05) is 6.61 Å². The van der Waals surface area contributed by atoms with Gasteiger partial charge in [-0.1, -0.05) is 13.0 Å². The van der Waals surface area contributed by atoms with Crippen molar-refractivity contribution in [3.05, 3.63) is 23.8 Å². The Morgan fingerprint density at radius 1 is 1.32 bits per heavy atom. The number of ketones is 2. The minimum Gasteiger partial charge on any atom is -0.390 e. The van der Waals surface area contributed by atoms with Gasteiger partial charge in [-0.05, 0) is 56.3 Å². The number of carbonyl (C=O) groups excluding carboxylic acids is 2. The van der Waals surface area contributed by atoms with Crippen molar-refractivity contribution >= 4 is 11.6 Å². The van der Waals surface area contributed by atoms with E-state index >= 15 is 8.78 Å². The fraction of sp³-hybridized carbons (Fsp3) is 0.714. The number of Topliss-reactive ketones (excluding diaryl/α,β-unsaturated/α-hetero) is 1. The lowest BCUT2D eigenvalue weighted by Gasteiger charge is -2.63. The minimum atomic E-state index is -2.23. The summed E-state index contributed by atoms with van der Waals surface area (Å²) in [6.45, 7) is 2.29. The van der Waals surface area contributed by atoms with Crippen molar-refractivity contribution in [3.8, 4) is 0 Å². The van der Waals surface area contributed by atoms with Gasteiger partial charge in [0.2, 0.25) is 0 Å². The summed E-state index contributed by atoms with van der Waals surface area (Å²) in [5, 5.41) is 31.4. The highest BCUT2D eigenvalue weighted by Gasteiger charge is 2.75.